The Kier molecular flexibility index (Phi) is 8.85. The molecule has 2 N–H and O–H groups in total. The first-order valence-electron chi connectivity index (χ1n) is 10.6. The molecule has 4 nitrogen and oxygen atoms in total. The van der Waals surface area contributed by atoms with Crippen molar-refractivity contribution in [1.29, 1.82) is 0 Å². The molecule has 1 aliphatic rings. The Morgan fingerprint density at radius 1 is 1.09 bits per heavy atom. The van der Waals surface area contributed by atoms with Gasteiger partial charge in [0.1, 0.15) is 11.5 Å². The van der Waals surface area contributed by atoms with Crippen LogP contribution in [-0.2, 0) is 12.0 Å². The highest BCUT2D eigenvalue weighted by Gasteiger charge is 2.32. The highest BCUT2D eigenvalue weighted by atomic mass is 35.5. The van der Waals surface area contributed by atoms with Gasteiger partial charge in [-0.1, -0.05) is 45.0 Å². The van der Waals surface area contributed by atoms with Crippen LogP contribution in [0.3, 0.4) is 0 Å². The number of ether oxygens (including phenoxy) is 2. The molecule has 178 valence electrons. The number of piperidine rings is 1. The zero-order valence-corrected chi connectivity index (χ0v) is 19.7. The number of hydrogen-bond acceptors (Lipinski definition) is 4. The molecule has 0 saturated carbocycles. The number of nitrogens with one attached hydrogen (secondary N) is 2. The van der Waals surface area contributed by atoms with Crippen molar-refractivity contribution in [3.05, 3.63) is 59.2 Å². The maximum absolute atomic E-state index is 12.6. The van der Waals surface area contributed by atoms with Crippen LogP contribution in [0.15, 0.2) is 42.5 Å². The van der Waals surface area contributed by atoms with Gasteiger partial charge in [0.05, 0.1) is 7.11 Å². The van der Waals surface area contributed by atoms with Crippen molar-refractivity contribution in [1.82, 2.24) is 10.6 Å². The number of alkyl halides is 3. The zero-order valence-electron chi connectivity index (χ0n) is 18.9. The quantitative estimate of drug-likeness (QED) is 0.549. The lowest BCUT2D eigenvalue weighted by atomic mass is 9.86. The third kappa shape index (κ3) is 7.02. The molecule has 0 amide bonds. The summed E-state index contributed by atoms with van der Waals surface area (Å²) >= 11 is 0. The molecule has 8 heteroatoms. The van der Waals surface area contributed by atoms with Gasteiger partial charge in [0.15, 0.2) is 0 Å². The second kappa shape index (κ2) is 10.8. The second-order valence-electron chi connectivity index (χ2n) is 8.96. The monoisotopic (exact) mass is 472 g/mol. The maximum atomic E-state index is 12.6. The summed E-state index contributed by atoms with van der Waals surface area (Å²) in [4.78, 5) is 0. The molecule has 1 fully saturated rings. The van der Waals surface area contributed by atoms with E-state index in [4.69, 9.17) is 4.74 Å². The van der Waals surface area contributed by atoms with Crippen molar-refractivity contribution in [3.63, 3.8) is 0 Å². The minimum absolute atomic E-state index is 0. The van der Waals surface area contributed by atoms with Crippen LogP contribution >= 0.6 is 12.4 Å². The number of halogens is 4. The molecule has 1 saturated heterocycles. The van der Waals surface area contributed by atoms with Crippen LogP contribution in [-0.4, -0.2) is 26.1 Å². The van der Waals surface area contributed by atoms with E-state index in [9.17, 15) is 13.2 Å². The van der Waals surface area contributed by atoms with Crippen LogP contribution in [0, 0.1) is 0 Å². The molecular formula is C24H32ClF3N2O2. The van der Waals surface area contributed by atoms with Gasteiger partial charge in [0.2, 0.25) is 0 Å². The molecule has 2 aromatic rings. The molecule has 0 aromatic heterocycles. The highest BCUT2D eigenvalue weighted by molar-refractivity contribution is 5.85. The highest BCUT2D eigenvalue weighted by Crippen LogP contribution is 2.31. The van der Waals surface area contributed by atoms with E-state index in [-0.39, 0.29) is 35.7 Å². The predicted molar refractivity (Wildman–Crippen MR) is 123 cm³/mol. The standard InChI is InChI=1S/C24H31F3N2O2.ClH/c1-23(2,3)18-10-11-21(30-4)17(13-18)15-29-20-9-6-12-28-22(20)16-7-5-8-19(14-16)31-24(25,26)27;/h5,7-8,10-11,13-14,20,22,28-29H,6,9,12,15H2,1-4H3;1H/t20-,22-;/m0./s1. The fourth-order valence-corrected chi connectivity index (χ4v) is 3.99. The molecule has 2 aromatic carbocycles. The lowest BCUT2D eigenvalue weighted by molar-refractivity contribution is -0.274. The Bertz CT molecular complexity index is 884. The van der Waals surface area contributed by atoms with Crippen molar-refractivity contribution in [2.45, 2.75) is 64.0 Å². The molecule has 0 spiro atoms. The number of benzene rings is 2. The van der Waals surface area contributed by atoms with Crippen LogP contribution in [0.25, 0.3) is 0 Å². The van der Waals surface area contributed by atoms with Crippen LogP contribution in [0.4, 0.5) is 13.2 Å². The van der Waals surface area contributed by atoms with Crippen molar-refractivity contribution in [2.24, 2.45) is 0 Å². The Hall–Kier alpha value is -1.96. The molecule has 1 aliphatic heterocycles. The Balaban J connectivity index is 0.00000363. The van der Waals surface area contributed by atoms with Gasteiger partial charge in [-0.3, -0.25) is 0 Å². The van der Waals surface area contributed by atoms with Crippen LogP contribution < -0.4 is 20.1 Å². The van der Waals surface area contributed by atoms with E-state index in [2.05, 4.69) is 48.3 Å². The lowest BCUT2D eigenvalue weighted by Crippen LogP contribution is -2.45. The molecule has 1 heterocycles. The minimum Gasteiger partial charge on any atom is -0.496 e. The SMILES string of the molecule is COc1ccc(C(C)(C)C)cc1CN[C@H]1CCCN[C@H]1c1cccc(OC(F)(F)F)c1.Cl. The van der Waals surface area contributed by atoms with Gasteiger partial charge in [0, 0.05) is 24.2 Å². The predicted octanol–water partition coefficient (Wildman–Crippen LogP) is 5.90. The van der Waals surface area contributed by atoms with Crippen molar-refractivity contribution in [3.8, 4) is 11.5 Å². The summed E-state index contributed by atoms with van der Waals surface area (Å²) in [7, 11) is 1.66. The molecule has 0 radical (unpaired) electrons. The summed E-state index contributed by atoms with van der Waals surface area (Å²) in [5.74, 6) is 0.622. The van der Waals surface area contributed by atoms with E-state index in [1.54, 1.807) is 13.2 Å². The smallest absolute Gasteiger partial charge is 0.496 e. The second-order valence-corrected chi connectivity index (χ2v) is 8.96. The molecule has 3 rings (SSSR count). The minimum atomic E-state index is -4.70. The third-order valence-corrected chi connectivity index (χ3v) is 5.61. The first kappa shape index (κ1) is 26.3. The maximum Gasteiger partial charge on any atom is 0.573 e. The average molecular weight is 473 g/mol. The zero-order chi connectivity index (χ0) is 22.6. The van der Waals surface area contributed by atoms with Crippen LogP contribution in [0.5, 0.6) is 11.5 Å². The fourth-order valence-electron chi connectivity index (χ4n) is 3.99. The molecule has 2 atom stereocenters. The molecular weight excluding hydrogens is 441 g/mol. The number of methoxy groups -OCH3 is 1. The largest absolute Gasteiger partial charge is 0.573 e. The van der Waals surface area contributed by atoms with Crippen molar-refractivity contribution < 1.29 is 22.6 Å². The summed E-state index contributed by atoms with van der Waals surface area (Å²) < 4.78 is 47.5. The van der Waals surface area contributed by atoms with E-state index in [0.717, 1.165) is 36.3 Å². The molecule has 32 heavy (non-hydrogen) atoms. The van der Waals surface area contributed by atoms with E-state index in [0.29, 0.717) is 6.54 Å². The summed E-state index contributed by atoms with van der Waals surface area (Å²) in [6.07, 6.45) is -2.79. The molecule has 0 bridgehead atoms. The number of rotatable bonds is 6. The summed E-state index contributed by atoms with van der Waals surface area (Å²) in [6, 6.07) is 12.4. The molecule has 0 unspecified atom stereocenters. The Labute approximate surface area is 194 Å². The van der Waals surface area contributed by atoms with Gasteiger partial charge in [-0.15, -0.1) is 25.6 Å². The van der Waals surface area contributed by atoms with Crippen molar-refractivity contribution in [2.75, 3.05) is 13.7 Å². The first-order valence-corrected chi connectivity index (χ1v) is 10.6. The lowest BCUT2D eigenvalue weighted by Gasteiger charge is -2.34. The summed E-state index contributed by atoms with van der Waals surface area (Å²) in [5, 5.41) is 7.05. The summed E-state index contributed by atoms with van der Waals surface area (Å²) in [6.45, 7) is 7.93. The van der Waals surface area contributed by atoms with Gasteiger partial charge in [-0.05, 0) is 54.1 Å². The Morgan fingerprint density at radius 3 is 2.50 bits per heavy atom. The van der Waals surface area contributed by atoms with Gasteiger partial charge in [-0.2, -0.15) is 0 Å². The van der Waals surface area contributed by atoms with Gasteiger partial charge < -0.3 is 20.1 Å². The van der Waals surface area contributed by atoms with Gasteiger partial charge >= 0.3 is 6.36 Å². The van der Waals surface area contributed by atoms with E-state index in [1.165, 1.54) is 17.7 Å². The van der Waals surface area contributed by atoms with E-state index >= 15 is 0 Å². The molecule has 0 aliphatic carbocycles. The van der Waals surface area contributed by atoms with Gasteiger partial charge in [-0.25, -0.2) is 0 Å². The normalized spacial score (nSPS) is 19.2. The van der Waals surface area contributed by atoms with Crippen molar-refractivity contribution >= 4 is 12.4 Å². The third-order valence-electron chi connectivity index (χ3n) is 5.61. The van der Waals surface area contributed by atoms with Crippen LogP contribution in [0.1, 0.15) is 56.3 Å². The number of hydrogen-bond donors (Lipinski definition) is 2. The van der Waals surface area contributed by atoms with Gasteiger partial charge in [0.25, 0.3) is 0 Å². The van der Waals surface area contributed by atoms with Crippen LogP contribution in [0.2, 0.25) is 0 Å². The van der Waals surface area contributed by atoms with E-state index in [1.807, 2.05) is 12.1 Å². The first-order chi connectivity index (χ1) is 14.6. The Morgan fingerprint density at radius 2 is 1.84 bits per heavy atom. The summed E-state index contributed by atoms with van der Waals surface area (Å²) in [5.41, 5.74) is 3.08. The average Bonchev–Trinajstić information content (AvgIpc) is 2.70. The fraction of sp³-hybridized carbons (Fsp3) is 0.500. The topological polar surface area (TPSA) is 42.5 Å². The van der Waals surface area contributed by atoms with E-state index < -0.39 is 6.36 Å².